The zero-order chi connectivity index (χ0) is 14.6. The molecule has 1 saturated carbocycles. The Balaban J connectivity index is 1.85. The molecular weight excluding hydrogens is 248 g/mol. The summed E-state index contributed by atoms with van der Waals surface area (Å²) in [5.41, 5.74) is 0.948. The highest BCUT2D eigenvalue weighted by molar-refractivity contribution is 5.85. The van der Waals surface area contributed by atoms with E-state index in [4.69, 9.17) is 0 Å². The normalized spacial score (nSPS) is 23.4. The Hall–Kier alpha value is -1.35. The van der Waals surface area contributed by atoms with Gasteiger partial charge in [0.25, 0.3) is 0 Å². The summed E-state index contributed by atoms with van der Waals surface area (Å²) in [7, 11) is 1.83. The molecule has 3 nitrogen and oxygen atoms in total. The second kappa shape index (κ2) is 6.40. The fourth-order valence-electron chi connectivity index (χ4n) is 2.78. The van der Waals surface area contributed by atoms with Crippen LogP contribution in [0.3, 0.4) is 0 Å². The minimum atomic E-state index is -0.490. The number of amides is 1. The highest BCUT2D eigenvalue weighted by Crippen LogP contribution is 2.32. The van der Waals surface area contributed by atoms with Gasteiger partial charge in [-0.2, -0.15) is 0 Å². The van der Waals surface area contributed by atoms with Crippen molar-refractivity contribution in [1.82, 2.24) is 10.6 Å². The van der Waals surface area contributed by atoms with E-state index in [0.717, 1.165) is 25.7 Å². The van der Waals surface area contributed by atoms with Crippen molar-refractivity contribution in [3.8, 4) is 0 Å². The smallest absolute Gasteiger partial charge is 0.239 e. The summed E-state index contributed by atoms with van der Waals surface area (Å²) in [6.07, 6.45) is 4.47. The number of likely N-dealkylation sites (N-methyl/N-ethyl adjacent to an activating group) is 1. The van der Waals surface area contributed by atoms with Crippen molar-refractivity contribution < 1.29 is 4.79 Å². The average molecular weight is 274 g/mol. The first-order valence-electron chi connectivity index (χ1n) is 7.58. The van der Waals surface area contributed by atoms with E-state index < -0.39 is 5.54 Å². The van der Waals surface area contributed by atoms with Crippen LogP contribution in [0.4, 0.5) is 0 Å². The molecule has 1 aliphatic rings. The SMILES string of the molecule is CNC(C)(C)C(=O)NC1CCC(c2ccccc2)CC1. The summed E-state index contributed by atoms with van der Waals surface area (Å²) in [6, 6.07) is 11.0. The van der Waals surface area contributed by atoms with Gasteiger partial charge in [0, 0.05) is 6.04 Å². The molecule has 2 rings (SSSR count). The highest BCUT2D eigenvalue weighted by atomic mass is 16.2. The van der Waals surface area contributed by atoms with Crippen LogP contribution in [0.2, 0.25) is 0 Å². The Labute approximate surface area is 122 Å². The van der Waals surface area contributed by atoms with Crippen LogP contribution >= 0.6 is 0 Å². The predicted molar refractivity (Wildman–Crippen MR) is 82.7 cm³/mol. The minimum Gasteiger partial charge on any atom is -0.352 e. The maximum Gasteiger partial charge on any atom is 0.239 e. The van der Waals surface area contributed by atoms with Gasteiger partial charge in [-0.05, 0) is 58.1 Å². The maximum absolute atomic E-state index is 12.1. The van der Waals surface area contributed by atoms with Gasteiger partial charge in [0.15, 0.2) is 0 Å². The van der Waals surface area contributed by atoms with E-state index in [1.165, 1.54) is 5.56 Å². The van der Waals surface area contributed by atoms with Crippen molar-refractivity contribution in [2.75, 3.05) is 7.05 Å². The Bertz CT molecular complexity index is 434. The van der Waals surface area contributed by atoms with Crippen LogP contribution in [0, 0.1) is 0 Å². The minimum absolute atomic E-state index is 0.100. The van der Waals surface area contributed by atoms with Gasteiger partial charge in [0.05, 0.1) is 5.54 Å². The zero-order valence-corrected chi connectivity index (χ0v) is 12.8. The highest BCUT2D eigenvalue weighted by Gasteiger charge is 2.29. The van der Waals surface area contributed by atoms with Gasteiger partial charge in [-0.25, -0.2) is 0 Å². The molecular formula is C17H26N2O. The van der Waals surface area contributed by atoms with E-state index in [9.17, 15) is 4.79 Å². The lowest BCUT2D eigenvalue weighted by Crippen LogP contribution is -2.54. The predicted octanol–water partition coefficient (Wildman–Crippen LogP) is 2.83. The number of hydrogen-bond acceptors (Lipinski definition) is 2. The summed E-state index contributed by atoms with van der Waals surface area (Å²) in [4.78, 5) is 12.1. The molecule has 2 N–H and O–H groups in total. The van der Waals surface area contributed by atoms with Crippen LogP contribution in [0.5, 0.6) is 0 Å². The quantitative estimate of drug-likeness (QED) is 0.886. The Kier molecular flexibility index (Phi) is 4.81. The summed E-state index contributed by atoms with van der Waals surface area (Å²) in [5, 5.41) is 6.23. The number of benzene rings is 1. The molecule has 3 heteroatoms. The van der Waals surface area contributed by atoms with Crippen molar-refractivity contribution in [1.29, 1.82) is 0 Å². The monoisotopic (exact) mass is 274 g/mol. The van der Waals surface area contributed by atoms with E-state index in [1.54, 1.807) is 0 Å². The molecule has 1 aromatic carbocycles. The van der Waals surface area contributed by atoms with Gasteiger partial charge in [-0.1, -0.05) is 30.3 Å². The van der Waals surface area contributed by atoms with E-state index in [2.05, 4.69) is 41.0 Å². The molecule has 0 bridgehead atoms. The molecule has 0 heterocycles. The summed E-state index contributed by atoms with van der Waals surface area (Å²) in [5.74, 6) is 0.754. The van der Waals surface area contributed by atoms with Gasteiger partial charge in [-0.15, -0.1) is 0 Å². The number of nitrogens with one attached hydrogen (secondary N) is 2. The fourth-order valence-corrected chi connectivity index (χ4v) is 2.78. The second-order valence-corrected chi connectivity index (χ2v) is 6.31. The fraction of sp³-hybridized carbons (Fsp3) is 0.588. The molecule has 0 atom stereocenters. The van der Waals surface area contributed by atoms with Crippen molar-refractivity contribution >= 4 is 5.91 Å². The van der Waals surface area contributed by atoms with E-state index >= 15 is 0 Å². The Morgan fingerprint density at radius 2 is 1.70 bits per heavy atom. The van der Waals surface area contributed by atoms with Gasteiger partial charge >= 0.3 is 0 Å². The van der Waals surface area contributed by atoms with Crippen molar-refractivity contribution in [2.24, 2.45) is 0 Å². The number of carbonyl (C=O) groups is 1. The number of carbonyl (C=O) groups excluding carboxylic acids is 1. The van der Waals surface area contributed by atoms with Crippen LogP contribution in [0.25, 0.3) is 0 Å². The molecule has 0 spiro atoms. The maximum atomic E-state index is 12.1. The van der Waals surface area contributed by atoms with E-state index in [1.807, 2.05) is 20.9 Å². The van der Waals surface area contributed by atoms with Gasteiger partial charge < -0.3 is 10.6 Å². The number of rotatable bonds is 4. The molecule has 0 unspecified atom stereocenters. The molecule has 0 aromatic heterocycles. The molecule has 1 aromatic rings. The molecule has 0 saturated heterocycles. The van der Waals surface area contributed by atoms with Gasteiger partial charge in [0.2, 0.25) is 5.91 Å². The molecule has 1 aliphatic carbocycles. The van der Waals surface area contributed by atoms with Crippen LogP contribution in [-0.2, 0) is 4.79 Å². The molecule has 110 valence electrons. The lowest BCUT2D eigenvalue weighted by molar-refractivity contribution is -0.127. The standard InChI is InChI=1S/C17H26N2O/c1-17(2,18-3)16(20)19-15-11-9-14(10-12-15)13-7-5-4-6-8-13/h4-8,14-15,18H,9-12H2,1-3H3,(H,19,20). The molecule has 0 radical (unpaired) electrons. The lowest BCUT2D eigenvalue weighted by atomic mass is 9.81. The van der Waals surface area contributed by atoms with Crippen LogP contribution in [0.1, 0.15) is 51.0 Å². The topological polar surface area (TPSA) is 41.1 Å². The van der Waals surface area contributed by atoms with Crippen molar-refractivity contribution in [3.05, 3.63) is 35.9 Å². The van der Waals surface area contributed by atoms with Crippen LogP contribution in [-0.4, -0.2) is 24.5 Å². The van der Waals surface area contributed by atoms with Crippen molar-refractivity contribution in [3.63, 3.8) is 0 Å². The van der Waals surface area contributed by atoms with Crippen LogP contribution in [0.15, 0.2) is 30.3 Å². The van der Waals surface area contributed by atoms with E-state index in [-0.39, 0.29) is 5.91 Å². The first kappa shape index (κ1) is 15.0. The first-order chi connectivity index (χ1) is 9.53. The van der Waals surface area contributed by atoms with Crippen molar-refractivity contribution in [2.45, 2.75) is 57.0 Å². The Morgan fingerprint density at radius 1 is 1.10 bits per heavy atom. The van der Waals surface area contributed by atoms with Gasteiger partial charge in [0.1, 0.15) is 0 Å². The zero-order valence-electron chi connectivity index (χ0n) is 12.8. The third-order valence-corrected chi connectivity index (χ3v) is 4.53. The largest absolute Gasteiger partial charge is 0.352 e. The second-order valence-electron chi connectivity index (χ2n) is 6.31. The lowest BCUT2D eigenvalue weighted by Gasteiger charge is -2.32. The molecule has 1 fully saturated rings. The first-order valence-corrected chi connectivity index (χ1v) is 7.58. The van der Waals surface area contributed by atoms with Crippen LogP contribution < -0.4 is 10.6 Å². The molecule has 1 amide bonds. The Morgan fingerprint density at radius 3 is 2.25 bits per heavy atom. The molecule has 0 aliphatic heterocycles. The summed E-state index contributed by atoms with van der Waals surface area (Å²) in [6.45, 7) is 3.83. The average Bonchev–Trinajstić information content (AvgIpc) is 2.49. The third kappa shape index (κ3) is 3.60. The summed E-state index contributed by atoms with van der Waals surface area (Å²) >= 11 is 0. The third-order valence-electron chi connectivity index (χ3n) is 4.53. The van der Waals surface area contributed by atoms with Gasteiger partial charge in [-0.3, -0.25) is 4.79 Å². The summed E-state index contributed by atoms with van der Waals surface area (Å²) < 4.78 is 0. The van der Waals surface area contributed by atoms with E-state index in [0.29, 0.717) is 12.0 Å². The molecule has 20 heavy (non-hydrogen) atoms. The number of hydrogen-bond donors (Lipinski definition) is 2.